The SMILES string of the molecule is N#Cc1cc([N+](=O)[O-])c(-c2ccco2)cc1F. The van der Waals surface area contributed by atoms with Gasteiger partial charge in [-0.1, -0.05) is 0 Å². The number of hydrogen-bond donors (Lipinski definition) is 0. The van der Waals surface area contributed by atoms with Gasteiger partial charge in [0.2, 0.25) is 0 Å². The van der Waals surface area contributed by atoms with Gasteiger partial charge in [-0.3, -0.25) is 10.1 Å². The van der Waals surface area contributed by atoms with E-state index in [0.29, 0.717) is 0 Å². The maximum absolute atomic E-state index is 13.4. The highest BCUT2D eigenvalue weighted by molar-refractivity contribution is 5.71. The Morgan fingerprint density at radius 1 is 1.47 bits per heavy atom. The van der Waals surface area contributed by atoms with E-state index in [1.807, 2.05) is 0 Å². The maximum atomic E-state index is 13.4. The van der Waals surface area contributed by atoms with E-state index in [-0.39, 0.29) is 22.6 Å². The lowest BCUT2D eigenvalue weighted by Crippen LogP contribution is -1.95. The second-order valence-corrected chi connectivity index (χ2v) is 3.20. The number of rotatable bonds is 2. The average Bonchev–Trinajstić information content (AvgIpc) is 2.81. The van der Waals surface area contributed by atoms with Crippen molar-refractivity contribution in [2.45, 2.75) is 0 Å². The fourth-order valence-electron chi connectivity index (χ4n) is 1.43. The molecule has 0 aliphatic carbocycles. The number of nitriles is 1. The topological polar surface area (TPSA) is 80.1 Å². The summed E-state index contributed by atoms with van der Waals surface area (Å²) < 4.78 is 18.4. The molecular formula is C11H5FN2O3. The van der Waals surface area contributed by atoms with Crippen LogP contribution in [0.15, 0.2) is 34.9 Å². The van der Waals surface area contributed by atoms with Crippen molar-refractivity contribution in [1.29, 1.82) is 5.26 Å². The van der Waals surface area contributed by atoms with Crippen LogP contribution in [0.25, 0.3) is 11.3 Å². The molecule has 2 aromatic rings. The summed E-state index contributed by atoms with van der Waals surface area (Å²) in [6.07, 6.45) is 1.33. The van der Waals surface area contributed by atoms with E-state index in [9.17, 15) is 14.5 Å². The first-order valence-corrected chi connectivity index (χ1v) is 4.55. The Labute approximate surface area is 94.9 Å². The van der Waals surface area contributed by atoms with Crippen molar-refractivity contribution in [2.75, 3.05) is 0 Å². The molecule has 84 valence electrons. The van der Waals surface area contributed by atoms with E-state index >= 15 is 0 Å². The Balaban J connectivity index is 2.71. The molecular weight excluding hydrogens is 227 g/mol. The van der Waals surface area contributed by atoms with Crippen molar-refractivity contribution in [1.82, 2.24) is 0 Å². The van der Waals surface area contributed by atoms with Gasteiger partial charge in [-0.15, -0.1) is 0 Å². The number of halogens is 1. The van der Waals surface area contributed by atoms with Crippen LogP contribution in [0, 0.1) is 27.3 Å². The Kier molecular flexibility index (Phi) is 2.58. The standard InChI is InChI=1S/C11H5FN2O3/c12-9-5-8(11-2-1-3-17-11)10(14(15)16)4-7(9)6-13/h1-5H. The molecule has 0 atom stereocenters. The number of hydrogen-bond acceptors (Lipinski definition) is 4. The van der Waals surface area contributed by atoms with Gasteiger partial charge in [0.25, 0.3) is 5.69 Å². The minimum atomic E-state index is -0.815. The van der Waals surface area contributed by atoms with Crippen LogP contribution >= 0.6 is 0 Å². The van der Waals surface area contributed by atoms with Crippen molar-refractivity contribution >= 4 is 5.69 Å². The third-order valence-corrected chi connectivity index (χ3v) is 2.19. The summed E-state index contributed by atoms with van der Waals surface area (Å²) in [7, 11) is 0. The predicted molar refractivity (Wildman–Crippen MR) is 55.5 cm³/mol. The quantitative estimate of drug-likeness (QED) is 0.588. The summed E-state index contributed by atoms with van der Waals surface area (Å²) in [6.45, 7) is 0. The Morgan fingerprint density at radius 2 is 2.24 bits per heavy atom. The second-order valence-electron chi connectivity index (χ2n) is 3.20. The summed E-state index contributed by atoms with van der Waals surface area (Å²) in [5.74, 6) is -0.635. The zero-order chi connectivity index (χ0) is 12.4. The van der Waals surface area contributed by atoms with Gasteiger partial charge in [0.1, 0.15) is 17.6 Å². The van der Waals surface area contributed by atoms with Crippen molar-refractivity contribution in [3.05, 3.63) is 52.0 Å². The molecule has 0 fully saturated rings. The molecule has 0 aliphatic rings. The molecule has 0 spiro atoms. The summed E-state index contributed by atoms with van der Waals surface area (Å²) in [6, 6.07) is 6.39. The maximum Gasteiger partial charge on any atom is 0.281 e. The summed E-state index contributed by atoms with van der Waals surface area (Å²) >= 11 is 0. The molecule has 0 aliphatic heterocycles. The number of nitro groups is 1. The molecule has 0 unspecified atom stereocenters. The Bertz CT molecular complexity index is 614. The van der Waals surface area contributed by atoms with Crippen LogP contribution in [0.5, 0.6) is 0 Å². The van der Waals surface area contributed by atoms with Crippen LogP contribution in [0.2, 0.25) is 0 Å². The van der Waals surface area contributed by atoms with Crippen LogP contribution in [-0.2, 0) is 0 Å². The number of furan rings is 1. The molecule has 2 rings (SSSR count). The number of nitrogens with zero attached hydrogens (tertiary/aromatic N) is 2. The van der Waals surface area contributed by atoms with E-state index in [4.69, 9.17) is 9.68 Å². The van der Waals surface area contributed by atoms with Crippen molar-refractivity contribution in [2.24, 2.45) is 0 Å². The minimum Gasteiger partial charge on any atom is -0.464 e. The largest absolute Gasteiger partial charge is 0.464 e. The monoisotopic (exact) mass is 232 g/mol. The van der Waals surface area contributed by atoms with Gasteiger partial charge in [0.15, 0.2) is 0 Å². The third-order valence-electron chi connectivity index (χ3n) is 2.19. The molecule has 0 radical (unpaired) electrons. The normalized spacial score (nSPS) is 9.88. The zero-order valence-electron chi connectivity index (χ0n) is 8.38. The van der Waals surface area contributed by atoms with E-state index in [2.05, 4.69) is 0 Å². The zero-order valence-corrected chi connectivity index (χ0v) is 8.38. The molecule has 0 bridgehead atoms. The van der Waals surface area contributed by atoms with Crippen LogP contribution in [0.4, 0.5) is 10.1 Å². The van der Waals surface area contributed by atoms with Gasteiger partial charge in [-0.05, 0) is 18.2 Å². The summed E-state index contributed by atoms with van der Waals surface area (Å²) in [5, 5.41) is 19.4. The molecule has 5 nitrogen and oxygen atoms in total. The minimum absolute atomic E-state index is 0.0106. The number of nitro benzene ring substituents is 1. The molecule has 0 saturated heterocycles. The smallest absolute Gasteiger partial charge is 0.281 e. The van der Waals surface area contributed by atoms with Gasteiger partial charge < -0.3 is 4.42 Å². The van der Waals surface area contributed by atoms with Crippen LogP contribution in [0.3, 0.4) is 0 Å². The van der Waals surface area contributed by atoms with Crippen molar-refractivity contribution in [3.63, 3.8) is 0 Å². The molecule has 0 amide bonds. The Morgan fingerprint density at radius 3 is 2.76 bits per heavy atom. The lowest BCUT2D eigenvalue weighted by molar-refractivity contribution is -0.384. The van der Waals surface area contributed by atoms with E-state index in [0.717, 1.165) is 12.1 Å². The molecule has 0 N–H and O–H groups in total. The van der Waals surface area contributed by atoms with Crippen LogP contribution in [0.1, 0.15) is 5.56 Å². The highest BCUT2D eigenvalue weighted by Crippen LogP contribution is 2.32. The third kappa shape index (κ3) is 1.86. The van der Waals surface area contributed by atoms with Gasteiger partial charge >= 0.3 is 0 Å². The number of benzene rings is 1. The fraction of sp³-hybridized carbons (Fsp3) is 0. The average molecular weight is 232 g/mol. The Hall–Kier alpha value is -2.68. The predicted octanol–water partition coefficient (Wildman–Crippen LogP) is 2.87. The van der Waals surface area contributed by atoms with Gasteiger partial charge in [-0.2, -0.15) is 5.26 Å². The van der Waals surface area contributed by atoms with Crippen molar-refractivity contribution in [3.8, 4) is 17.4 Å². The second kappa shape index (κ2) is 4.06. The van der Waals surface area contributed by atoms with Crippen LogP contribution < -0.4 is 0 Å². The van der Waals surface area contributed by atoms with E-state index < -0.39 is 10.7 Å². The molecule has 1 aromatic heterocycles. The molecule has 17 heavy (non-hydrogen) atoms. The molecule has 6 heteroatoms. The summed E-state index contributed by atoms with van der Waals surface area (Å²) in [4.78, 5) is 10.1. The first kappa shape index (κ1) is 10.8. The van der Waals surface area contributed by atoms with Gasteiger partial charge in [-0.25, -0.2) is 4.39 Å². The highest BCUT2D eigenvalue weighted by atomic mass is 19.1. The highest BCUT2D eigenvalue weighted by Gasteiger charge is 2.21. The first-order chi connectivity index (χ1) is 8.13. The van der Waals surface area contributed by atoms with Gasteiger partial charge in [0, 0.05) is 6.07 Å². The lowest BCUT2D eigenvalue weighted by atomic mass is 10.1. The molecule has 0 saturated carbocycles. The first-order valence-electron chi connectivity index (χ1n) is 4.55. The summed E-state index contributed by atoms with van der Waals surface area (Å²) in [5.41, 5.74) is -0.721. The molecule has 1 aromatic carbocycles. The van der Waals surface area contributed by atoms with Gasteiger partial charge in [0.05, 0.1) is 22.3 Å². The lowest BCUT2D eigenvalue weighted by Gasteiger charge is -2.01. The fourth-order valence-corrected chi connectivity index (χ4v) is 1.43. The molecule has 1 heterocycles. The van der Waals surface area contributed by atoms with E-state index in [1.165, 1.54) is 18.4 Å². The van der Waals surface area contributed by atoms with Crippen LogP contribution in [-0.4, -0.2) is 4.92 Å². The van der Waals surface area contributed by atoms with E-state index in [1.54, 1.807) is 6.07 Å². The van der Waals surface area contributed by atoms with Crippen molar-refractivity contribution < 1.29 is 13.7 Å².